The van der Waals surface area contributed by atoms with E-state index >= 15 is 0 Å². The molecule has 4 nitrogen and oxygen atoms in total. The van der Waals surface area contributed by atoms with E-state index in [-0.39, 0.29) is 5.56 Å². The highest BCUT2D eigenvalue weighted by Gasteiger charge is 2.19. The molecule has 1 unspecified atom stereocenters. The van der Waals surface area contributed by atoms with E-state index in [0.29, 0.717) is 12.2 Å². The molecule has 0 aliphatic carbocycles. The lowest BCUT2D eigenvalue weighted by molar-refractivity contribution is 0.202. The van der Waals surface area contributed by atoms with Gasteiger partial charge in [0, 0.05) is 18.2 Å². The Morgan fingerprint density at radius 2 is 2.17 bits per heavy atom. The fraction of sp³-hybridized carbons (Fsp3) is 0.333. The topological polar surface area (TPSA) is 50.9 Å². The number of hydrogen-bond acceptors (Lipinski definition) is 3. The van der Waals surface area contributed by atoms with Gasteiger partial charge in [-0.3, -0.25) is 0 Å². The van der Waals surface area contributed by atoms with Gasteiger partial charge in [0.25, 0.3) is 0 Å². The van der Waals surface area contributed by atoms with E-state index in [1.807, 2.05) is 6.92 Å². The summed E-state index contributed by atoms with van der Waals surface area (Å²) in [5.74, 6) is -1.46. The Morgan fingerprint density at radius 1 is 1.39 bits per heavy atom. The Bertz CT molecular complexity index is 542. The minimum absolute atomic E-state index is 0.0102. The molecule has 0 spiro atoms. The molecule has 0 aliphatic heterocycles. The first-order valence-corrected chi connectivity index (χ1v) is 5.65. The first-order valence-electron chi connectivity index (χ1n) is 5.65. The van der Waals surface area contributed by atoms with Gasteiger partial charge in [-0.2, -0.15) is 0 Å². The third-order valence-corrected chi connectivity index (χ3v) is 2.62. The van der Waals surface area contributed by atoms with E-state index in [4.69, 9.17) is 0 Å². The lowest BCUT2D eigenvalue weighted by atomic mass is 10.1. The summed E-state index contributed by atoms with van der Waals surface area (Å²) < 4.78 is 27.9. The van der Waals surface area contributed by atoms with Crippen LogP contribution in [0.5, 0.6) is 0 Å². The summed E-state index contributed by atoms with van der Waals surface area (Å²) in [6.45, 7) is 2.53. The minimum atomic E-state index is -1.20. The van der Waals surface area contributed by atoms with Crippen molar-refractivity contribution in [3.05, 3.63) is 47.3 Å². The van der Waals surface area contributed by atoms with Crippen molar-refractivity contribution in [2.75, 3.05) is 0 Å². The molecule has 0 amide bonds. The minimum Gasteiger partial charge on any atom is -0.382 e. The van der Waals surface area contributed by atoms with Crippen LogP contribution in [0.1, 0.15) is 30.7 Å². The number of aryl methyl sites for hydroxylation is 1. The van der Waals surface area contributed by atoms with Crippen molar-refractivity contribution in [2.45, 2.75) is 26.0 Å². The van der Waals surface area contributed by atoms with E-state index in [2.05, 4.69) is 10.3 Å². The van der Waals surface area contributed by atoms with E-state index < -0.39 is 17.7 Å². The molecule has 1 aromatic heterocycles. The summed E-state index contributed by atoms with van der Waals surface area (Å²) in [5.41, 5.74) is 0.401. The highest BCUT2D eigenvalue weighted by Crippen LogP contribution is 2.24. The number of aliphatic hydroxyl groups is 1. The number of aromatic nitrogens is 3. The SMILES string of the molecule is CCCn1nncc1C(O)c1ccc(F)cc1F. The second-order valence-electron chi connectivity index (χ2n) is 3.95. The maximum absolute atomic E-state index is 13.6. The Balaban J connectivity index is 2.35. The smallest absolute Gasteiger partial charge is 0.132 e. The zero-order valence-corrected chi connectivity index (χ0v) is 9.85. The van der Waals surface area contributed by atoms with Gasteiger partial charge in [-0.15, -0.1) is 5.10 Å². The third-order valence-electron chi connectivity index (χ3n) is 2.62. The van der Waals surface area contributed by atoms with Gasteiger partial charge in [0.2, 0.25) is 0 Å². The van der Waals surface area contributed by atoms with Gasteiger partial charge in [-0.05, 0) is 12.5 Å². The molecule has 0 bridgehead atoms. The van der Waals surface area contributed by atoms with E-state index in [1.165, 1.54) is 16.9 Å². The lowest BCUT2D eigenvalue weighted by Crippen LogP contribution is -2.11. The van der Waals surface area contributed by atoms with Crippen LogP contribution < -0.4 is 0 Å². The van der Waals surface area contributed by atoms with Crippen LogP contribution in [0.15, 0.2) is 24.4 Å². The number of rotatable bonds is 4. The van der Waals surface area contributed by atoms with Gasteiger partial charge >= 0.3 is 0 Å². The van der Waals surface area contributed by atoms with Crippen LogP contribution >= 0.6 is 0 Å². The highest BCUT2D eigenvalue weighted by molar-refractivity contribution is 5.26. The number of nitrogens with zero attached hydrogens (tertiary/aromatic N) is 3. The predicted molar refractivity (Wildman–Crippen MR) is 60.7 cm³/mol. The maximum Gasteiger partial charge on any atom is 0.132 e. The van der Waals surface area contributed by atoms with Gasteiger partial charge in [0.1, 0.15) is 17.7 Å². The molecule has 2 rings (SSSR count). The highest BCUT2D eigenvalue weighted by atomic mass is 19.1. The van der Waals surface area contributed by atoms with Crippen molar-refractivity contribution < 1.29 is 13.9 Å². The predicted octanol–water partition coefficient (Wildman–Crippen LogP) is 2.05. The molecule has 18 heavy (non-hydrogen) atoms. The van der Waals surface area contributed by atoms with Gasteiger partial charge in [-0.1, -0.05) is 18.2 Å². The van der Waals surface area contributed by atoms with E-state index in [0.717, 1.165) is 18.6 Å². The maximum atomic E-state index is 13.6. The quantitative estimate of drug-likeness (QED) is 0.907. The summed E-state index contributed by atoms with van der Waals surface area (Å²) in [6, 6.07) is 3.07. The Morgan fingerprint density at radius 3 is 2.83 bits per heavy atom. The fourth-order valence-electron chi connectivity index (χ4n) is 1.75. The van der Waals surface area contributed by atoms with Gasteiger partial charge in [-0.25, -0.2) is 13.5 Å². The first kappa shape index (κ1) is 12.6. The fourth-order valence-corrected chi connectivity index (χ4v) is 1.75. The van der Waals surface area contributed by atoms with E-state index in [1.54, 1.807) is 0 Å². The molecule has 0 radical (unpaired) electrons. The normalized spacial score (nSPS) is 12.7. The number of halogens is 2. The molecule has 1 heterocycles. The van der Waals surface area contributed by atoms with Crippen molar-refractivity contribution in [2.24, 2.45) is 0 Å². The van der Waals surface area contributed by atoms with Gasteiger partial charge in [0.15, 0.2) is 0 Å². The molecule has 96 valence electrons. The number of aliphatic hydroxyl groups excluding tert-OH is 1. The van der Waals surface area contributed by atoms with Crippen LogP contribution in [0.4, 0.5) is 8.78 Å². The van der Waals surface area contributed by atoms with Crippen LogP contribution in [0, 0.1) is 11.6 Å². The largest absolute Gasteiger partial charge is 0.382 e. The zero-order chi connectivity index (χ0) is 13.1. The van der Waals surface area contributed by atoms with Crippen LogP contribution in [0.3, 0.4) is 0 Å². The van der Waals surface area contributed by atoms with Gasteiger partial charge < -0.3 is 5.11 Å². The molecule has 1 N–H and O–H groups in total. The second-order valence-corrected chi connectivity index (χ2v) is 3.95. The Kier molecular flexibility index (Phi) is 3.66. The molecule has 2 aromatic rings. The van der Waals surface area contributed by atoms with Crippen LogP contribution in [-0.4, -0.2) is 20.1 Å². The zero-order valence-electron chi connectivity index (χ0n) is 9.85. The molecular weight excluding hydrogens is 240 g/mol. The Hall–Kier alpha value is -1.82. The van der Waals surface area contributed by atoms with Crippen molar-refractivity contribution >= 4 is 0 Å². The summed E-state index contributed by atoms with van der Waals surface area (Å²) >= 11 is 0. The summed E-state index contributed by atoms with van der Waals surface area (Å²) in [6.07, 6.45) is 0.991. The van der Waals surface area contributed by atoms with Gasteiger partial charge in [0.05, 0.1) is 11.9 Å². The van der Waals surface area contributed by atoms with Crippen molar-refractivity contribution in [1.82, 2.24) is 15.0 Å². The van der Waals surface area contributed by atoms with Crippen LogP contribution in [-0.2, 0) is 6.54 Å². The molecule has 0 saturated heterocycles. The lowest BCUT2D eigenvalue weighted by Gasteiger charge is -2.13. The average molecular weight is 253 g/mol. The molecule has 0 saturated carbocycles. The summed E-state index contributed by atoms with van der Waals surface area (Å²) in [7, 11) is 0. The van der Waals surface area contributed by atoms with Crippen LogP contribution in [0.2, 0.25) is 0 Å². The molecule has 0 aliphatic rings. The molecular formula is C12H13F2N3O. The number of benzene rings is 1. The second kappa shape index (κ2) is 5.22. The first-order chi connectivity index (χ1) is 8.63. The monoisotopic (exact) mass is 253 g/mol. The molecule has 6 heteroatoms. The van der Waals surface area contributed by atoms with E-state index in [9.17, 15) is 13.9 Å². The average Bonchev–Trinajstić information content (AvgIpc) is 2.77. The van der Waals surface area contributed by atoms with Crippen molar-refractivity contribution in [3.8, 4) is 0 Å². The van der Waals surface area contributed by atoms with Crippen LogP contribution in [0.25, 0.3) is 0 Å². The molecule has 1 atom stereocenters. The number of hydrogen-bond donors (Lipinski definition) is 1. The van der Waals surface area contributed by atoms with Crippen molar-refractivity contribution in [3.63, 3.8) is 0 Å². The Labute approximate surface area is 103 Å². The molecule has 0 fully saturated rings. The van der Waals surface area contributed by atoms with Crippen molar-refractivity contribution in [1.29, 1.82) is 0 Å². The molecule has 1 aromatic carbocycles. The summed E-state index contributed by atoms with van der Waals surface area (Å²) in [5, 5.41) is 17.6. The standard InChI is InChI=1S/C12H13F2N3O/c1-2-5-17-11(7-15-16-17)12(18)9-4-3-8(13)6-10(9)14/h3-4,6-7,12,18H,2,5H2,1H3. The third kappa shape index (κ3) is 2.38. The summed E-state index contributed by atoms with van der Waals surface area (Å²) in [4.78, 5) is 0.